The van der Waals surface area contributed by atoms with E-state index in [4.69, 9.17) is 4.74 Å². The van der Waals surface area contributed by atoms with Gasteiger partial charge in [-0.25, -0.2) is 4.79 Å². The number of nitrogens with one attached hydrogen (secondary N) is 1. The zero-order valence-corrected chi connectivity index (χ0v) is 28.7. The number of carbonyl (C=O) groups excluding carboxylic acids is 2. The average Bonchev–Trinajstić information content (AvgIpc) is 3.66. The molecule has 2 aromatic carbocycles. The maximum Gasteiger partial charge on any atom is 0.338 e. The van der Waals surface area contributed by atoms with Crippen LogP contribution in [0.3, 0.4) is 0 Å². The third-order valence-electron chi connectivity index (χ3n) is 15.3. The van der Waals surface area contributed by atoms with Crippen LogP contribution < -0.4 is 5.32 Å². The summed E-state index contributed by atoms with van der Waals surface area (Å²) in [4.78, 5) is 29.1. The van der Waals surface area contributed by atoms with Crippen LogP contribution in [0.2, 0.25) is 0 Å². The van der Waals surface area contributed by atoms with Gasteiger partial charge in [0.05, 0.1) is 12.2 Å². The number of carbonyl (C=O) groups is 2. The molecule has 46 heavy (non-hydrogen) atoms. The van der Waals surface area contributed by atoms with Gasteiger partial charge in [-0.1, -0.05) is 57.2 Å². The highest BCUT2D eigenvalue weighted by molar-refractivity contribution is 5.94. The zero-order valence-electron chi connectivity index (χ0n) is 28.7. The van der Waals surface area contributed by atoms with Crippen LogP contribution in [0.25, 0.3) is 0 Å². The third kappa shape index (κ3) is 4.27. The van der Waals surface area contributed by atoms with Crippen LogP contribution in [0.1, 0.15) is 99.8 Å². The largest absolute Gasteiger partial charge is 0.458 e. The molecule has 248 valence electrons. The molecule has 7 rings (SSSR count). The van der Waals surface area contributed by atoms with Gasteiger partial charge in [-0.15, -0.1) is 0 Å². The van der Waals surface area contributed by atoms with Crippen molar-refractivity contribution >= 4 is 11.9 Å². The molecule has 2 N–H and O–H groups in total. The Hall–Kier alpha value is -2.70. The van der Waals surface area contributed by atoms with Gasteiger partial charge in [-0.2, -0.15) is 0 Å². The molecule has 1 amide bonds. The van der Waals surface area contributed by atoms with Crippen molar-refractivity contribution in [3.05, 3.63) is 71.8 Å². The van der Waals surface area contributed by atoms with Crippen molar-refractivity contribution in [2.45, 2.75) is 97.2 Å². The predicted octanol–water partition coefficient (Wildman–Crippen LogP) is 6.98. The molecule has 0 aliphatic heterocycles. The van der Waals surface area contributed by atoms with Crippen molar-refractivity contribution in [2.24, 2.45) is 44.8 Å². The Morgan fingerprint density at radius 1 is 0.870 bits per heavy atom. The summed E-state index contributed by atoms with van der Waals surface area (Å²) in [6.45, 7) is 9.74. The second kappa shape index (κ2) is 10.9. The minimum Gasteiger partial charge on any atom is -0.458 e. The molecule has 5 fully saturated rings. The van der Waals surface area contributed by atoms with E-state index in [0.717, 1.165) is 38.5 Å². The molecule has 0 radical (unpaired) electrons. The van der Waals surface area contributed by atoms with Gasteiger partial charge in [0.1, 0.15) is 6.10 Å². The normalized spacial score (nSPS) is 43.0. The fourth-order valence-corrected chi connectivity index (χ4v) is 12.6. The SMILES string of the molecule is C[C@@H]([C@H]1[C@H](OC(=O)c2ccccc2)C[C@@]2(C)[C@@H]3CCC4[C@@]5(CC[C@H](NC(=O)c6ccccc6)[C@@]4(C)CO)C[C@@]35CC[C@]12C)N(C)C. The first kappa shape index (κ1) is 31.9. The van der Waals surface area contributed by atoms with Crippen LogP contribution >= 0.6 is 0 Å². The van der Waals surface area contributed by atoms with Gasteiger partial charge in [0.2, 0.25) is 0 Å². The average molecular weight is 627 g/mol. The molecular weight excluding hydrogens is 572 g/mol. The number of nitrogens with zero attached hydrogens (tertiary/aromatic N) is 1. The van der Waals surface area contributed by atoms with Gasteiger partial charge in [-0.3, -0.25) is 4.79 Å². The maximum absolute atomic E-state index is 13.5. The molecule has 5 aliphatic carbocycles. The highest BCUT2D eigenvalue weighted by Gasteiger charge is 2.83. The van der Waals surface area contributed by atoms with Crippen LogP contribution in [0, 0.1) is 44.8 Å². The second-order valence-electron chi connectivity index (χ2n) is 16.8. The van der Waals surface area contributed by atoms with Crippen LogP contribution in [0.4, 0.5) is 0 Å². The summed E-state index contributed by atoms with van der Waals surface area (Å²) in [6.07, 6.45) is 8.59. The van der Waals surface area contributed by atoms with Crippen molar-refractivity contribution in [1.29, 1.82) is 0 Å². The van der Waals surface area contributed by atoms with Gasteiger partial charge < -0.3 is 20.1 Å². The fourth-order valence-electron chi connectivity index (χ4n) is 12.6. The van der Waals surface area contributed by atoms with Gasteiger partial charge in [-0.05, 0) is 130 Å². The number of benzene rings is 2. The topological polar surface area (TPSA) is 78.9 Å². The second-order valence-corrected chi connectivity index (χ2v) is 16.8. The van der Waals surface area contributed by atoms with Crippen LogP contribution in [-0.2, 0) is 4.74 Å². The quantitative estimate of drug-likeness (QED) is 0.324. The lowest BCUT2D eigenvalue weighted by atomic mass is 9.41. The molecule has 1 unspecified atom stereocenters. The number of amides is 1. The Kier molecular flexibility index (Phi) is 7.56. The summed E-state index contributed by atoms with van der Waals surface area (Å²) >= 11 is 0. The minimum atomic E-state index is -0.357. The Bertz CT molecular complexity index is 1480. The fraction of sp³-hybridized carbons (Fsp3) is 0.650. The first-order valence-electron chi connectivity index (χ1n) is 17.8. The first-order valence-corrected chi connectivity index (χ1v) is 17.8. The monoisotopic (exact) mass is 626 g/mol. The van der Waals surface area contributed by atoms with Crippen molar-refractivity contribution < 1.29 is 19.4 Å². The molecule has 0 bridgehead atoms. The Morgan fingerprint density at radius 3 is 2.11 bits per heavy atom. The van der Waals surface area contributed by atoms with E-state index in [0.29, 0.717) is 23.0 Å². The molecule has 0 heterocycles. The Morgan fingerprint density at radius 2 is 1.48 bits per heavy atom. The summed E-state index contributed by atoms with van der Waals surface area (Å²) in [7, 11) is 4.33. The lowest BCUT2D eigenvalue weighted by molar-refractivity contribution is -0.154. The van der Waals surface area contributed by atoms with E-state index < -0.39 is 0 Å². The predicted molar refractivity (Wildman–Crippen MR) is 180 cm³/mol. The Labute approximate surface area is 275 Å². The highest BCUT2D eigenvalue weighted by Crippen LogP contribution is 2.89. The standard InChI is InChI=1S/C40H54N2O4/c1-26(42(5)6)33-29(46-35(45)28-15-11-8-12-16-28)23-38(4)31-18-17-30-36(2,25-43)32(41-34(44)27-13-9-7-10-14-27)19-20-39(30)24-40(31,39)22-21-37(33,38)3/h7-16,26,29-33,43H,17-25H2,1-6H3,(H,41,44)/t26-,29+,30?,31-,32-,33-,36-,37+,38-,39+,40-/m0/s1. The molecule has 0 saturated heterocycles. The number of rotatable bonds is 7. The van der Waals surface area contributed by atoms with E-state index >= 15 is 0 Å². The van der Waals surface area contributed by atoms with Crippen molar-refractivity contribution in [3.63, 3.8) is 0 Å². The van der Waals surface area contributed by atoms with E-state index in [1.165, 1.54) is 12.8 Å². The zero-order chi connectivity index (χ0) is 32.7. The lowest BCUT2D eigenvalue weighted by Crippen LogP contribution is -2.62. The van der Waals surface area contributed by atoms with E-state index in [1.807, 2.05) is 60.7 Å². The van der Waals surface area contributed by atoms with Crippen molar-refractivity contribution in [3.8, 4) is 0 Å². The molecule has 5 aliphatic rings. The molecule has 5 saturated carbocycles. The van der Waals surface area contributed by atoms with Crippen molar-refractivity contribution in [2.75, 3.05) is 20.7 Å². The number of esters is 1. The molecular formula is C40H54N2O4. The highest BCUT2D eigenvalue weighted by atomic mass is 16.5. The smallest absolute Gasteiger partial charge is 0.338 e. The number of hydrogen-bond donors (Lipinski definition) is 2. The third-order valence-corrected chi connectivity index (χ3v) is 15.3. The molecule has 11 atom stereocenters. The number of fused-ring (bicyclic) bond motifs is 2. The van der Waals surface area contributed by atoms with Gasteiger partial charge in [0, 0.05) is 29.0 Å². The molecule has 6 heteroatoms. The van der Waals surface area contributed by atoms with Crippen LogP contribution in [0.15, 0.2) is 60.7 Å². The summed E-state index contributed by atoms with van der Waals surface area (Å²) in [6, 6.07) is 19.2. The van der Waals surface area contributed by atoms with E-state index in [9.17, 15) is 14.7 Å². The van der Waals surface area contributed by atoms with Crippen molar-refractivity contribution in [1.82, 2.24) is 10.2 Å². The van der Waals surface area contributed by atoms with Gasteiger partial charge in [0.15, 0.2) is 0 Å². The number of aliphatic hydroxyl groups is 1. The first-order chi connectivity index (χ1) is 21.9. The number of ether oxygens (including phenoxy) is 1. The van der Waals surface area contributed by atoms with E-state index in [2.05, 4.69) is 52.0 Å². The van der Waals surface area contributed by atoms with E-state index in [1.54, 1.807) is 0 Å². The molecule has 0 aromatic heterocycles. The van der Waals surface area contributed by atoms with Gasteiger partial charge in [0.25, 0.3) is 5.91 Å². The number of aliphatic hydroxyl groups excluding tert-OH is 1. The Balaban J connectivity index is 1.18. The lowest BCUT2D eigenvalue weighted by Gasteiger charge is -2.63. The van der Waals surface area contributed by atoms with E-state index in [-0.39, 0.29) is 69.7 Å². The minimum absolute atomic E-state index is 0.0375. The molecule has 6 nitrogen and oxygen atoms in total. The number of hydrogen-bond acceptors (Lipinski definition) is 5. The van der Waals surface area contributed by atoms with Gasteiger partial charge >= 0.3 is 5.97 Å². The summed E-state index contributed by atoms with van der Waals surface area (Å²) in [5, 5.41) is 14.4. The maximum atomic E-state index is 13.5. The summed E-state index contributed by atoms with van der Waals surface area (Å²) in [5.74, 6) is 0.948. The summed E-state index contributed by atoms with van der Waals surface area (Å²) in [5.41, 5.74) is 1.52. The summed E-state index contributed by atoms with van der Waals surface area (Å²) < 4.78 is 6.53. The van der Waals surface area contributed by atoms with Crippen LogP contribution in [0.5, 0.6) is 0 Å². The molecule has 2 spiro atoms. The molecule has 2 aromatic rings. The van der Waals surface area contributed by atoms with Crippen LogP contribution in [-0.4, -0.2) is 60.8 Å².